The summed E-state index contributed by atoms with van der Waals surface area (Å²) in [5.74, 6) is -0.385. The molecule has 2 aromatic carbocycles. The van der Waals surface area contributed by atoms with Crippen molar-refractivity contribution < 1.29 is 18.0 Å². The number of piperazine rings is 1. The quantitative estimate of drug-likeness (QED) is 0.687. The largest absolute Gasteiger partial charge is 0.336 e. The number of hydrogen-bond donors (Lipinski definition) is 1. The summed E-state index contributed by atoms with van der Waals surface area (Å²) in [4.78, 5) is 26.7. The molecule has 0 bridgehead atoms. The van der Waals surface area contributed by atoms with Gasteiger partial charge in [0.2, 0.25) is 15.9 Å². The average molecular weight is 498 g/mol. The minimum Gasteiger partial charge on any atom is -0.336 e. The lowest BCUT2D eigenvalue weighted by atomic mass is 9.95. The van der Waals surface area contributed by atoms with E-state index in [-0.39, 0.29) is 52.9 Å². The molecule has 0 aliphatic carbocycles. The molecule has 0 atom stereocenters. The van der Waals surface area contributed by atoms with Crippen LogP contribution in [0.5, 0.6) is 0 Å². The summed E-state index contributed by atoms with van der Waals surface area (Å²) in [6, 6.07) is 11.2. The number of hydrogen-bond acceptors (Lipinski definition) is 4. The summed E-state index contributed by atoms with van der Waals surface area (Å²) >= 11 is 12.2. The van der Waals surface area contributed by atoms with Crippen molar-refractivity contribution in [1.29, 1.82) is 0 Å². The third-order valence-electron chi connectivity index (χ3n) is 5.09. The number of nitrogens with zero attached hydrogens (tertiary/aromatic N) is 2. The molecule has 1 saturated heterocycles. The highest BCUT2D eigenvalue weighted by atomic mass is 35.5. The molecule has 32 heavy (non-hydrogen) atoms. The van der Waals surface area contributed by atoms with Gasteiger partial charge in [0.25, 0.3) is 5.91 Å². The smallest absolute Gasteiger partial charge is 0.254 e. The molecule has 7 nitrogen and oxygen atoms in total. The number of halogens is 2. The third-order valence-corrected chi connectivity index (χ3v) is 7.95. The fourth-order valence-corrected chi connectivity index (χ4v) is 5.73. The van der Waals surface area contributed by atoms with Crippen molar-refractivity contribution in [1.82, 2.24) is 9.21 Å². The third kappa shape index (κ3) is 5.26. The first-order valence-corrected chi connectivity index (χ1v) is 12.3. The van der Waals surface area contributed by atoms with Crippen LogP contribution in [0.2, 0.25) is 10.0 Å². The second-order valence-corrected chi connectivity index (χ2v) is 11.2. The van der Waals surface area contributed by atoms with Gasteiger partial charge in [-0.15, -0.1) is 0 Å². The van der Waals surface area contributed by atoms with Crippen LogP contribution < -0.4 is 5.32 Å². The summed E-state index contributed by atoms with van der Waals surface area (Å²) < 4.78 is 27.3. The highest BCUT2D eigenvalue weighted by Crippen LogP contribution is 2.32. The Morgan fingerprint density at radius 2 is 1.50 bits per heavy atom. The molecule has 2 amide bonds. The van der Waals surface area contributed by atoms with Crippen molar-refractivity contribution in [2.45, 2.75) is 25.7 Å². The summed E-state index contributed by atoms with van der Waals surface area (Å²) in [7, 11) is -3.89. The minimum atomic E-state index is -3.89. The molecule has 1 N–H and O–H groups in total. The highest BCUT2D eigenvalue weighted by Gasteiger charge is 2.33. The maximum absolute atomic E-state index is 13.0. The lowest BCUT2D eigenvalue weighted by molar-refractivity contribution is -0.123. The number of sulfonamides is 1. The molecule has 172 valence electrons. The van der Waals surface area contributed by atoms with Crippen LogP contribution in [0.3, 0.4) is 0 Å². The lowest BCUT2D eigenvalue weighted by Crippen LogP contribution is -2.50. The zero-order valence-corrected chi connectivity index (χ0v) is 20.4. The molecular weight excluding hydrogens is 473 g/mol. The van der Waals surface area contributed by atoms with Crippen LogP contribution in [0, 0.1) is 5.41 Å². The number of rotatable bonds is 4. The lowest BCUT2D eigenvalue weighted by Gasteiger charge is -2.34. The standard InChI is InChI=1S/C22H25Cl2N3O4S/c1-22(2,3)21(29)25-16-7-4-6-15(14-16)20(28)26-10-12-27(13-11-26)32(30,31)19-17(23)8-5-9-18(19)24/h4-9,14H,10-13H2,1-3H3,(H,25,29). The summed E-state index contributed by atoms with van der Waals surface area (Å²) in [5.41, 5.74) is 0.388. The molecule has 0 radical (unpaired) electrons. The van der Waals surface area contributed by atoms with E-state index < -0.39 is 15.4 Å². The van der Waals surface area contributed by atoms with Crippen LogP contribution in [0.4, 0.5) is 5.69 Å². The van der Waals surface area contributed by atoms with Gasteiger partial charge in [-0.2, -0.15) is 4.31 Å². The van der Waals surface area contributed by atoms with E-state index in [1.165, 1.54) is 16.4 Å². The Hall–Kier alpha value is -2.13. The van der Waals surface area contributed by atoms with Crippen molar-refractivity contribution in [2.75, 3.05) is 31.5 Å². The van der Waals surface area contributed by atoms with E-state index in [9.17, 15) is 18.0 Å². The maximum atomic E-state index is 13.0. The molecule has 3 rings (SSSR count). The SMILES string of the molecule is CC(C)(C)C(=O)Nc1cccc(C(=O)N2CCN(S(=O)(=O)c3c(Cl)cccc3Cl)CC2)c1. The molecule has 0 saturated carbocycles. The molecule has 2 aromatic rings. The van der Waals surface area contributed by atoms with E-state index in [1.54, 1.807) is 56.0 Å². The van der Waals surface area contributed by atoms with E-state index in [2.05, 4.69) is 5.32 Å². The van der Waals surface area contributed by atoms with Gasteiger partial charge in [0.15, 0.2) is 0 Å². The molecular formula is C22H25Cl2N3O4S. The first-order valence-electron chi connectivity index (χ1n) is 10.1. The van der Waals surface area contributed by atoms with Gasteiger partial charge in [0.1, 0.15) is 4.90 Å². The fourth-order valence-electron chi connectivity index (χ4n) is 3.22. The van der Waals surface area contributed by atoms with Crippen molar-refractivity contribution >= 4 is 50.7 Å². The molecule has 1 heterocycles. The van der Waals surface area contributed by atoms with Crippen LogP contribution in [-0.4, -0.2) is 55.6 Å². The van der Waals surface area contributed by atoms with E-state index in [4.69, 9.17) is 23.2 Å². The number of carbonyl (C=O) groups is 2. The van der Waals surface area contributed by atoms with Gasteiger partial charge < -0.3 is 10.2 Å². The van der Waals surface area contributed by atoms with Crippen molar-refractivity contribution in [3.05, 3.63) is 58.1 Å². The minimum absolute atomic E-state index is 0.0603. The van der Waals surface area contributed by atoms with E-state index in [0.29, 0.717) is 11.3 Å². The first kappa shape index (κ1) is 24.5. The predicted octanol–water partition coefficient (Wildman–Crippen LogP) is 4.12. The second kappa shape index (κ2) is 9.39. The number of amides is 2. The number of carbonyl (C=O) groups excluding carboxylic acids is 2. The monoisotopic (exact) mass is 497 g/mol. The molecule has 0 unspecified atom stereocenters. The summed E-state index contributed by atoms with van der Waals surface area (Å²) in [6.45, 7) is 6.10. The van der Waals surface area contributed by atoms with Crippen LogP contribution >= 0.6 is 23.2 Å². The van der Waals surface area contributed by atoms with Gasteiger partial charge in [-0.25, -0.2) is 8.42 Å². The number of anilines is 1. The molecule has 0 spiro atoms. The van der Waals surface area contributed by atoms with E-state index >= 15 is 0 Å². The Kier molecular flexibility index (Phi) is 7.19. The summed E-state index contributed by atoms with van der Waals surface area (Å²) in [6.07, 6.45) is 0. The van der Waals surface area contributed by atoms with Gasteiger partial charge in [-0.3, -0.25) is 9.59 Å². The molecule has 1 aliphatic rings. The Morgan fingerprint density at radius 3 is 2.06 bits per heavy atom. The normalized spacial score (nSPS) is 15.5. The Balaban J connectivity index is 1.70. The summed E-state index contributed by atoms with van der Waals surface area (Å²) in [5, 5.41) is 2.93. The molecule has 10 heteroatoms. The van der Waals surface area contributed by atoms with Gasteiger partial charge in [-0.05, 0) is 30.3 Å². The van der Waals surface area contributed by atoms with Gasteiger partial charge in [0.05, 0.1) is 10.0 Å². The van der Waals surface area contributed by atoms with E-state index in [1.807, 2.05) is 0 Å². The molecule has 0 aromatic heterocycles. The van der Waals surface area contributed by atoms with Crippen molar-refractivity contribution in [2.24, 2.45) is 5.41 Å². The molecule has 1 fully saturated rings. The molecule has 1 aliphatic heterocycles. The Labute approximate surface area is 198 Å². The fraction of sp³-hybridized carbons (Fsp3) is 0.364. The highest BCUT2D eigenvalue weighted by molar-refractivity contribution is 7.89. The number of nitrogens with one attached hydrogen (secondary N) is 1. The number of benzene rings is 2. The van der Waals surface area contributed by atoms with Gasteiger partial charge >= 0.3 is 0 Å². The van der Waals surface area contributed by atoms with Crippen molar-refractivity contribution in [3.8, 4) is 0 Å². The first-order chi connectivity index (χ1) is 14.9. The predicted molar refractivity (Wildman–Crippen MR) is 126 cm³/mol. The topological polar surface area (TPSA) is 86.8 Å². The average Bonchev–Trinajstić information content (AvgIpc) is 2.72. The van der Waals surface area contributed by atoms with Crippen LogP contribution in [0.1, 0.15) is 31.1 Å². The van der Waals surface area contributed by atoms with Gasteiger partial charge in [-0.1, -0.05) is 56.1 Å². The zero-order chi connectivity index (χ0) is 23.7. The van der Waals surface area contributed by atoms with Crippen LogP contribution in [0.15, 0.2) is 47.4 Å². The van der Waals surface area contributed by atoms with Crippen molar-refractivity contribution in [3.63, 3.8) is 0 Å². The van der Waals surface area contributed by atoms with Gasteiger partial charge in [0, 0.05) is 42.8 Å². The maximum Gasteiger partial charge on any atom is 0.254 e. The Morgan fingerprint density at radius 1 is 0.938 bits per heavy atom. The Bertz CT molecular complexity index is 1120. The van der Waals surface area contributed by atoms with Crippen LogP contribution in [0.25, 0.3) is 0 Å². The van der Waals surface area contributed by atoms with E-state index in [0.717, 1.165) is 0 Å². The van der Waals surface area contributed by atoms with Crippen LogP contribution in [-0.2, 0) is 14.8 Å². The zero-order valence-electron chi connectivity index (χ0n) is 18.1. The second-order valence-electron chi connectivity index (χ2n) is 8.53.